The molecule has 0 aliphatic carbocycles. The van der Waals surface area contributed by atoms with Crippen LogP contribution in [0.2, 0.25) is 5.02 Å². The van der Waals surface area contributed by atoms with Gasteiger partial charge >= 0.3 is 0 Å². The lowest BCUT2D eigenvalue weighted by Crippen LogP contribution is -2.35. The number of nitrogens with zero attached hydrogens (tertiary/aromatic N) is 3. The maximum Gasteiger partial charge on any atom is 0.228 e. The molecule has 1 N–H and O–H groups in total. The van der Waals surface area contributed by atoms with Crippen LogP contribution in [0.1, 0.15) is 31.1 Å². The number of aromatic nitrogens is 2. The summed E-state index contributed by atoms with van der Waals surface area (Å²) in [5.74, 6) is -0.552. The third-order valence-electron chi connectivity index (χ3n) is 4.96. The van der Waals surface area contributed by atoms with Crippen molar-refractivity contribution in [3.63, 3.8) is 0 Å². The van der Waals surface area contributed by atoms with E-state index in [0.29, 0.717) is 40.2 Å². The second-order valence-electron chi connectivity index (χ2n) is 7.99. The van der Waals surface area contributed by atoms with Gasteiger partial charge < -0.3 is 14.8 Å². The van der Waals surface area contributed by atoms with E-state index in [1.807, 2.05) is 18.7 Å². The summed E-state index contributed by atoms with van der Waals surface area (Å²) in [6.07, 6.45) is 3.26. The van der Waals surface area contributed by atoms with Crippen molar-refractivity contribution < 1.29 is 12.8 Å². The van der Waals surface area contributed by atoms with Crippen LogP contribution >= 0.6 is 23.8 Å². The van der Waals surface area contributed by atoms with Gasteiger partial charge in [0.1, 0.15) is 5.82 Å². The summed E-state index contributed by atoms with van der Waals surface area (Å²) in [4.78, 5) is 6.11. The van der Waals surface area contributed by atoms with E-state index < -0.39 is 9.84 Å². The quantitative estimate of drug-likeness (QED) is 0.292. The van der Waals surface area contributed by atoms with Gasteiger partial charge in [-0.25, -0.2) is 17.8 Å². The Kier molecular flexibility index (Phi) is 8.46. The van der Waals surface area contributed by atoms with Gasteiger partial charge in [-0.15, -0.1) is 6.58 Å². The molecule has 0 unspecified atom stereocenters. The number of rotatable bonds is 9. The van der Waals surface area contributed by atoms with Gasteiger partial charge in [0, 0.05) is 23.3 Å². The minimum absolute atomic E-state index is 0.00607. The monoisotopic (exact) mass is 520 g/mol. The van der Waals surface area contributed by atoms with Crippen molar-refractivity contribution in [2.75, 3.05) is 11.9 Å². The molecule has 0 spiro atoms. The second kappa shape index (κ2) is 11.1. The molecule has 3 aromatic rings. The van der Waals surface area contributed by atoms with Crippen LogP contribution in [0.15, 0.2) is 72.5 Å². The molecule has 1 aromatic heterocycles. The van der Waals surface area contributed by atoms with Crippen molar-refractivity contribution in [2.45, 2.75) is 37.3 Å². The molecule has 0 atom stereocenters. The molecule has 2 aromatic carbocycles. The van der Waals surface area contributed by atoms with Crippen molar-refractivity contribution in [3.05, 3.63) is 89.5 Å². The maximum absolute atomic E-state index is 13.2. The highest BCUT2D eigenvalue weighted by Crippen LogP contribution is 2.24. The summed E-state index contributed by atoms with van der Waals surface area (Å²) in [5, 5.41) is 3.94. The molecule has 0 saturated carbocycles. The Morgan fingerprint density at radius 3 is 2.62 bits per heavy atom. The van der Waals surface area contributed by atoms with E-state index in [9.17, 15) is 12.8 Å². The number of hydrogen-bond acceptors (Lipinski definition) is 4. The molecule has 6 nitrogen and oxygen atoms in total. The van der Waals surface area contributed by atoms with Crippen molar-refractivity contribution in [3.8, 4) is 0 Å². The van der Waals surface area contributed by atoms with Crippen LogP contribution < -0.4 is 5.32 Å². The number of hydrogen-bond donors (Lipinski definition) is 1. The first-order chi connectivity index (χ1) is 16.1. The van der Waals surface area contributed by atoms with Crippen LogP contribution in [0.3, 0.4) is 0 Å². The number of anilines is 1. The Labute approximate surface area is 210 Å². The third kappa shape index (κ3) is 6.43. The normalized spacial score (nSPS) is 11.4. The summed E-state index contributed by atoms with van der Waals surface area (Å²) in [6.45, 7) is 8.31. The molecular weight excluding hydrogens is 495 g/mol. The van der Waals surface area contributed by atoms with Crippen molar-refractivity contribution in [2.24, 2.45) is 0 Å². The van der Waals surface area contributed by atoms with Gasteiger partial charge in [0.25, 0.3) is 0 Å². The topological polar surface area (TPSA) is 67.2 Å². The fourth-order valence-corrected chi connectivity index (χ4v) is 5.55. The molecule has 180 valence electrons. The smallest absolute Gasteiger partial charge is 0.228 e. The largest absolute Gasteiger partial charge is 0.339 e. The van der Waals surface area contributed by atoms with Gasteiger partial charge in [-0.3, -0.25) is 0 Å². The van der Waals surface area contributed by atoms with E-state index in [1.165, 1.54) is 12.1 Å². The SMILES string of the molecule is C=CCN(Cc1cnc(S(=O)(=O)Cc2cccc(Cl)c2)n1C(C)C)C(=S)Nc1ccc(F)cc1. The van der Waals surface area contributed by atoms with Crippen LogP contribution in [0, 0.1) is 5.82 Å². The van der Waals surface area contributed by atoms with Crippen LogP contribution in [0.25, 0.3) is 0 Å². The number of imidazole rings is 1. The summed E-state index contributed by atoms with van der Waals surface area (Å²) in [7, 11) is -3.74. The first kappa shape index (κ1) is 25.9. The molecule has 0 saturated heterocycles. The van der Waals surface area contributed by atoms with E-state index >= 15 is 0 Å². The Hall–Kier alpha value is -2.75. The fourth-order valence-electron chi connectivity index (χ4n) is 3.49. The minimum Gasteiger partial charge on any atom is -0.339 e. The highest BCUT2D eigenvalue weighted by molar-refractivity contribution is 7.90. The molecule has 34 heavy (non-hydrogen) atoms. The standard InChI is InChI=1S/C24H26ClFN4O2S2/c1-4-12-29(23(33)28-21-10-8-20(26)9-11-21)15-22-14-27-24(30(22)17(2)3)34(31,32)16-18-6-5-7-19(25)13-18/h4-11,13-14,17H,1,12,15-16H2,2-3H3,(H,28,33). The number of halogens is 2. The summed E-state index contributed by atoms with van der Waals surface area (Å²) < 4.78 is 41.4. The van der Waals surface area contributed by atoms with Crippen molar-refractivity contribution in [1.82, 2.24) is 14.5 Å². The predicted octanol–water partition coefficient (Wildman–Crippen LogP) is 5.62. The zero-order chi connectivity index (χ0) is 24.9. The lowest BCUT2D eigenvalue weighted by molar-refractivity contribution is 0.421. The zero-order valence-corrected chi connectivity index (χ0v) is 21.3. The lowest BCUT2D eigenvalue weighted by Gasteiger charge is -2.26. The minimum atomic E-state index is -3.74. The highest BCUT2D eigenvalue weighted by Gasteiger charge is 2.26. The van der Waals surface area contributed by atoms with E-state index in [4.69, 9.17) is 23.8 Å². The Morgan fingerprint density at radius 2 is 2.00 bits per heavy atom. The maximum atomic E-state index is 13.2. The van der Waals surface area contributed by atoms with E-state index in [2.05, 4.69) is 16.9 Å². The third-order valence-corrected chi connectivity index (χ3v) is 7.13. The molecule has 0 amide bonds. The Balaban J connectivity index is 1.87. The summed E-state index contributed by atoms with van der Waals surface area (Å²) >= 11 is 11.6. The predicted molar refractivity (Wildman–Crippen MR) is 138 cm³/mol. The van der Waals surface area contributed by atoms with Gasteiger partial charge in [-0.1, -0.05) is 29.8 Å². The van der Waals surface area contributed by atoms with Crippen LogP contribution in [-0.4, -0.2) is 34.5 Å². The molecule has 0 aliphatic rings. The van der Waals surface area contributed by atoms with Crippen LogP contribution in [0.4, 0.5) is 10.1 Å². The van der Waals surface area contributed by atoms with Crippen LogP contribution in [-0.2, 0) is 22.1 Å². The highest BCUT2D eigenvalue weighted by atomic mass is 35.5. The Bertz CT molecular complexity index is 1270. The fraction of sp³-hybridized carbons (Fsp3) is 0.250. The number of benzene rings is 2. The number of thiocarbonyl (C=S) groups is 1. The van der Waals surface area contributed by atoms with Gasteiger partial charge in [-0.2, -0.15) is 0 Å². The van der Waals surface area contributed by atoms with Gasteiger partial charge in [0.2, 0.25) is 15.0 Å². The lowest BCUT2D eigenvalue weighted by atomic mass is 10.2. The molecule has 1 heterocycles. The zero-order valence-electron chi connectivity index (χ0n) is 18.9. The second-order valence-corrected chi connectivity index (χ2v) is 10.7. The number of nitrogens with one attached hydrogen (secondary N) is 1. The van der Waals surface area contributed by atoms with E-state index in [0.717, 1.165) is 0 Å². The average molecular weight is 521 g/mol. The molecule has 3 rings (SSSR count). The Morgan fingerprint density at radius 1 is 1.29 bits per heavy atom. The van der Waals surface area contributed by atoms with Gasteiger partial charge in [0.15, 0.2) is 5.11 Å². The molecule has 0 radical (unpaired) electrons. The van der Waals surface area contributed by atoms with Crippen LogP contribution in [0.5, 0.6) is 0 Å². The molecule has 0 bridgehead atoms. The number of sulfone groups is 1. The average Bonchev–Trinajstić information content (AvgIpc) is 3.20. The summed E-state index contributed by atoms with van der Waals surface area (Å²) in [5.41, 5.74) is 1.91. The molecule has 10 heteroatoms. The van der Waals surface area contributed by atoms with Crippen molar-refractivity contribution >= 4 is 44.5 Å². The molecule has 0 aliphatic heterocycles. The van der Waals surface area contributed by atoms with Gasteiger partial charge in [-0.05, 0) is 68.0 Å². The summed E-state index contributed by atoms with van der Waals surface area (Å²) in [6, 6.07) is 12.5. The van der Waals surface area contributed by atoms with E-state index in [-0.39, 0.29) is 22.8 Å². The van der Waals surface area contributed by atoms with E-state index in [1.54, 1.807) is 53.2 Å². The molecule has 0 fully saturated rings. The first-order valence-electron chi connectivity index (χ1n) is 10.6. The first-order valence-corrected chi connectivity index (χ1v) is 13.0. The van der Waals surface area contributed by atoms with Gasteiger partial charge in [0.05, 0.1) is 24.2 Å². The molecular formula is C24H26ClFN4O2S2. The van der Waals surface area contributed by atoms with Crippen molar-refractivity contribution in [1.29, 1.82) is 0 Å².